The van der Waals surface area contributed by atoms with Crippen LogP contribution in [-0.2, 0) is 4.79 Å². The van der Waals surface area contributed by atoms with Gasteiger partial charge in [-0.1, -0.05) is 42.5 Å². The van der Waals surface area contributed by atoms with Crippen LogP contribution in [0.5, 0.6) is 0 Å². The lowest BCUT2D eigenvalue weighted by atomic mass is 10.1. The van der Waals surface area contributed by atoms with Crippen LogP contribution < -0.4 is 10.6 Å². The summed E-state index contributed by atoms with van der Waals surface area (Å²) in [6, 6.07) is 18.9. The topological polar surface area (TPSA) is 86.9 Å². The molecule has 0 radical (unpaired) electrons. The lowest BCUT2D eigenvalue weighted by molar-refractivity contribution is -0.114. The molecule has 2 amide bonds. The van der Waals surface area contributed by atoms with Crippen molar-refractivity contribution in [2.45, 2.75) is 6.92 Å². The van der Waals surface area contributed by atoms with E-state index in [1.807, 2.05) is 60.7 Å². The van der Waals surface area contributed by atoms with Crippen molar-refractivity contribution in [2.24, 2.45) is 0 Å². The predicted molar refractivity (Wildman–Crippen MR) is 118 cm³/mol. The van der Waals surface area contributed by atoms with Crippen LogP contribution in [0.4, 0.5) is 10.7 Å². The quantitative estimate of drug-likeness (QED) is 0.439. The van der Waals surface area contributed by atoms with Gasteiger partial charge in [-0.15, -0.1) is 11.3 Å². The zero-order valence-electron chi connectivity index (χ0n) is 15.6. The third kappa shape index (κ3) is 4.25. The largest absolute Gasteiger partial charge is 0.321 e. The maximum absolute atomic E-state index is 12.6. The summed E-state index contributed by atoms with van der Waals surface area (Å²) in [6.45, 7) is 1.44. The van der Waals surface area contributed by atoms with Crippen LogP contribution in [0, 0.1) is 0 Å². The lowest BCUT2D eigenvalue weighted by Gasteiger charge is -2.07. The van der Waals surface area contributed by atoms with Crippen molar-refractivity contribution >= 4 is 56.9 Å². The van der Waals surface area contributed by atoms with E-state index in [-0.39, 0.29) is 11.8 Å². The monoisotopic (exact) mass is 402 g/mol. The number of hydrogen-bond acceptors (Lipinski definition) is 4. The number of nitrogens with one attached hydrogen (secondary N) is 3. The number of anilines is 2. The summed E-state index contributed by atoms with van der Waals surface area (Å²) in [7, 11) is 0. The first-order valence-corrected chi connectivity index (χ1v) is 9.81. The van der Waals surface area contributed by atoms with Crippen LogP contribution in [0.15, 0.2) is 60.7 Å². The first-order chi connectivity index (χ1) is 14.1. The highest BCUT2D eigenvalue weighted by Gasteiger charge is 2.12. The Labute approximate surface area is 171 Å². The van der Waals surface area contributed by atoms with Gasteiger partial charge in [-0.25, -0.2) is 0 Å². The molecule has 0 atom stereocenters. The van der Waals surface area contributed by atoms with Crippen molar-refractivity contribution in [2.75, 3.05) is 10.6 Å². The fourth-order valence-corrected chi connectivity index (χ4v) is 3.77. The molecule has 0 aliphatic carbocycles. The highest BCUT2D eigenvalue weighted by atomic mass is 32.1. The Kier molecular flexibility index (Phi) is 5.22. The average Bonchev–Trinajstić information content (AvgIpc) is 3.34. The summed E-state index contributed by atoms with van der Waals surface area (Å²) in [6.07, 6.45) is 3.85. The fraction of sp³-hybridized carbons (Fsp3) is 0.0455. The summed E-state index contributed by atoms with van der Waals surface area (Å²) < 4.78 is 0. The number of hydrogen-bond donors (Lipinski definition) is 3. The first-order valence-electron chi connectivity index (χ1n) is 8.99. The predicted octanol–water partition coefficient (Wildman–Crippen LogP) is 5.01. The third-order valence-electron chi connectivity index (χ3n) is 4.26. The Morgan fingerprint density at radius 2 is 1.76 bits per heavy atom. The summed E-state index contributed by atoms with van der Waals surface area (Å²) in [5.41, 5.74) is 3.37. The van der Waals surface area contributed by atoms with Crippen LogP contribution in [0.25, 0.3) is 23.1 Å². The van der Waals surface area contributed by atoms with Crippen molar-refractivity contribution in [3.8, 4) is 0 Å². The molecule has 0 fully saturated rings. The van der Waals surface area contributed by atoms with E-state index in [0.29, 0.717) is 15.6 Å². The fourth-order valence-electron chi connectivity index (χ4n) is 2.92. The molecular weight excluding hydrogens is 384 g/mol. The van der Waals surface area contributed by atoms with Gasteiger partial charge in [-0.05, 0) is 35.9 Å². The number of rotatable bonds is 5. The smallest absolute Gasteiger partial charge is 0.265 e. The van der Waals surface area contributed by atoms with Crippen LogP contribution in [-0.4, -0.2) is 22.0 Å². The maximum Gasteiger partial charge on any atom is 0.265 e. The summed E-state index contributed by atoms with van der Waals surface area (Å²) in [5.74, 6) is -0.391. The minimum Gasteiger partial charge on any atom is -0.321 e. The number of carbonyl (C=O) groups excluding carboxylic acids is 2. The molecule has 0 aliphatic heterocycles. The van der Waals surface area contributed by atoms with E-state index < -0.39 is 0 Å². The maximum atomic E-state index is 12.6. The minimum atomic E-state index is -0.224. The normalized spacial score (nSPS) is 11.1. The van der Waals surface area contributed by atoms with Crippen molar-refractivity contribution in [1.82, 2.24) is 10.2 Å². The number of fused-ring (bicyclic) bond motifs is 1. The van der Waals surface area contributed by atoms with Gasteiger partial charge in [-0.3, -0.25) is 14.7 Å². The average molecular weight is 402 g/mol. The standard InChI is InChI=1S/C22H18N4O2S/c1-14(27)23-21-13-12-20(29-21)22(28)24-17-8-4-2-6-15(17)10-11-19-16-7-3-5-9-18(16)25-26-19/h2-13H,1H3,(H,23,27)(H,24,28)(H,25,26)/b11-10+. The Bertz CT molecular complexity index is 1220. The summed E-state index contributed by atoms with van der Waals surface area (Å²) in [5, 5.41) is 14.7. The molecule has 3 N–H and O–H groups in total. The van der Waals surface area contributed by atoms with E-state index in [0.717, 1.165) is 22.2 Å². The first kappa shape index (κ1) is 18.6. The second-order valence-electron chi connectivity index (χ2n) is 6.37. The van der Waals surface area contributed by atoms with Gasteiger partial charge in [0, 0.05) is 18.0 Å². The van der Waals surface area contributed by atoms with Gasteiger partial charge in [0.1, 0.15) is 0 Å². The third-order valence-corrected chi connectivity index (χ3v) is 5.26. The summed E-state index contributed by atoms with van der Waals surface area (Å²) in [4.78, 5) is 24.3. The number of benzene rings is 2. The van der Waals surface area contributed by atoms with E-state index in [1.54, 1.807) is 12.1 Å². The molecule has 6 nitrogen and oxygen atoms in total. The van der Waals surface area contributed by atoms with Crippen LogP contribution >= 0.6 is 11.3 Å². The molecule has 2 aromatic heterocycles. The molecule has 2 heterocycles. The second kappa shape index (κ2) is 8.12. The van der Waals surface area contributed by atoms with E-state index in [4.69, 9.17) is 0 Å². The zero-order valence-corrected chi connectivity index (χ0v) is 16.4. The molecule has 0 bridgehead atoms. The Morgan fingerprint density at radius 1 is 0.966 bits per heavy atom. The van der Waals surface area contributed by atoms with Gasteiger partial charge in [0.05, 0.1) is 21.1 Å². The molecule has 2 aromatic carbocycles. The number of H-pyrrole nitrogens is 1. The van der Waals surface area contributed by atoms with Gasteiger partial charge < -0.3 is 10.6 Å². The number of aromatic nitrogens is 2. The molecule has 0 saturated heterocycles. The zero-order chi connectivity index (χ0) is 20.2. The highest BCUT2D eigenvalue weighted by Crippen LogP contribution is 2.25. The second-order valence-corrected chi connectivity index (χ2v) is 7.46. The number of amides is 2. The molecule has 144 valence electrons. The minimum absolute atomic E-state index is 0.166. The van der Waals surface area contributed by atoms with Crippen molar-refractivity contribution < 1.29 is 9.59 Å². The van der Waals surface area contributed by atoms with Gasteiger partial charge in [0.15, 0.2) is 0 Å². The van der Waals surface area contributed by atoms with Crippen LogP contribution in [0.1, 0.15) is 27.9 Å². The van der Waals surface area contributed by atoms with Crippen LogP contribution in [0.2, 0.25) is 0 Å². The molecule has 0 unspecified atom stereocenters. The Morgan fingerprint density at radius 3 is 2.62 bits per heavy atom. The van der Waals surface area contributed by atoms with Gasteiger partial charge in [0.25, 0.3) is 5.91 Å². The molecule has 4 rings (SSSR count). The number of para-hydroxylation sites is 2. The molecule has 0 aliphatic rings. The molecule has 0 saturated carbocycles. The number of nitrogens with zero attached hydrogens (tertiary/aromatic N) is 1. The number of aromatic amines is 1. The number of thiophene rings is 1. The molecule has 0 spiro atoms. The van der Waals surface area contributed by atoms with Crippen LogP contribution in [0.3, 0.4) is 0 Å². The number of carbonyl (C=O) groups is 2. The van der Waals surface area contributed by atoms with Gasteiger partial charge >= 0.3 is 0 Å². The van der Waals surface area contributed by atoms with Crippen molar-refractivity contribution in [3.05, 3.63) is 76.8 Å². The van der Waals surface area contributed by atoms with E-state index in [9.17, 15) is 9.59 Å². The van der Waals surface area contributed by atoms with Gasteiger partial charge in [0.2, 0.25) is 5.91 Å². The molecule has 29 heavy (non-hydrogen) atoms. The summed E-state index contributed by atoms with van der Waals surface area (Å²) >= 11 is 1.23. The van der Waals surface area contributed by atoms with Crippen molar-refractivity contribution in [3.63, 3.8) is 0 Å². The molecular formula is C22H18N4O2S. The van der Waals surface area contributed by atoms with Gasteiger partial charge in [-0.2, -0.15) is 5.10 Å². The van der Waals surface area contributed by atoms with E-state index in [1.165, 1.54) is 18.3 Å². The van der Waals surface area contributed by atoms with E-state index >= 15 is 0 Å². The highest BCUT2D eigenvalue weighted by molar-refractivity contribution is 7.18. The van der Waals surface area contributed by atoms with E-state index in [2.05, 4.69) is 20.8 Å². The SMILES string of the molecule is CC(=O)Nc1ccc(C(=O)Nc2ccccc2/C=C/c2n[nH]c3ccccc23)s1. The lowest BCUT2D eigenvalue weighted by Crippen LogP contribution is -2.11. The Balaban J connectivity index is 1.54. The van der Waals surface area contributed by atoms with Crippen molar-refractivity contribution in [1.29, 1.82) is 0 Å². The molecule has 7 heteroatoms. The molecule has 4 aromatic rings. The Hall–Kier alpha value is -3.71.